The van der Waals surface area contributed by atoms with Crippen LogP contribution in [0.3, 0.4) is 0 Å². The van der Waals surface area contributed by atoms with Gasteiger partial charge in [-0.25, -0.2) is 4.79 Å². The standard InChI is InChI=1S/C23H30N2O3/c1-4-25(5-2)16-17-28-23(27)20-10-12-21(13-11-20)24-15-14-22(26)19-8-6-18(3)7-9-19/h6-13,24H,4-5,14-17H2,1-3H3. The van der Waals surface area contributed by atoms with Crippen molar-refractivity contribution in [3.63, 3.8) is 0 Å². The van der Waals surface area contributed by atoms with Crippen molar-refractivity contribution in [1.29, 1.82) is 0 Å². The van der Waals surface area contributed by atoms with Gasteiger partial charge < -0.3 is 15.0 Å². The van der Waals surface area contributed by atoms with Gasteiger partial charge in [0.2, 0.25) is 0 Å². The lowest BCUT2D eigenvalue weighted by Gasteiger charge is -2.17. The number of likely N-dealkylation sites (N-methyl/N-ethyl adjacent to an activating group) is 1. The zero-order valence-electron chi connectivity index (χ0n) is 17.0. The second-order valence-electron chi connectivity index (χ2n) is 6.71. The van der Waals surface area contributed by atoms with Crippen LogP contribution in [0, 0.1) is 6.92 Å². The summed E-state index contributed by atoms with van der Waals surface area (Å²) in [5.41, 5.74) is 3.27. The van der Waals surface area contributed by atoms with Crippen LogP contribution in [-0.4, -0.2) is 49.4 Å². The van der Waals surface area contributed by atoms with E-state index in [1.807, 2.05) is 43.3 Å². The van der Waals surface area contributed by atoms with Crippen LogP contribution in [0.1, 0.15) is 46.5 Å². The lowest BCUT2D eigenvalue weighted by Crippen LogP contribution is -2.27. The highest BCUT2D eigenvalue weighted by Crippen LogP contribution is 2.12. The Hall–Kier alpha value is -2.66. The van der Waals surface area contributed by atoms with E-state index < -0.39 is 0 Å². The number of carbonyl (C=O) groups excluding carboxylic acids is 2. The number of anilines is 1. The minimum Gasteiger partial charge on any atom is -0.461 e. The van der Waals surface area contributed by atoms with Crippen molar-refractivity contribution >= 4 is 17.4 Å². The quantitative estimate of drug-likeness (QED) is 0.467. The molecule has 0 radical (unpaired) electrons. The van der Waals surface area contributed by atoms with E-state index in [1.165, 1.54) is 0 Å². The van der Waals surface area contributed by atoms with Crippen molar-refractivity contribution in [2.24, 2.45) is 0 Å². The highest BCUT2D eigenvalue weighted by atomic mass is 16.5. The summed E-state index contributed by atoms with van der Waals surface area (Å²) in [5, 5.41) is 3.22. The van der Waals surface area contributed by atoms with Crippen molar-refractivity contribution in [2.45, 2.75) is 27.2 Å². The zero-order chi connectivity index (χ0) is 20.4. The van der Waals surface area contributed by atoms with Gasteiger partial charge in [0.05, 0.1) is 5.56 Å². The van der Waals surface area contributed by atoms with Crippen LogP contribution in [0.15, 0.2) is 48.5 Å². The van der Waals surface area contributed by atoms with Crippen molar-refractivity contribution in [3.05, 3.63) is 65.2 Å². The first kappa shape index (κ1) is 21.6. The van der Waals surface area contributed by atoms with Gasteiger partial charge in [0, 0.05) is 30.8 Å². The van der Waals surface area contributed by atoms with Gasteiger partial charge in [-0.05, 0) is 44.3 Å². The smallest absolute Gasteiger partial charge is 0.338 e. The summed E-state index contributed by atoms with van der Waals surface area (Å²) in [4.78, 5) is 26.5. The Morgan fingerprint density at radius 2 is 1.54 bits per heavy atom. The Balaban J connectivity index is 1.75. The molecule has 2 rings (SSSR count). The van der Waals surface area contributed by atoms with E-state index in [0.29, 0.717) is 25.1 Å². The molecule has 0 aliphatic carbocycles. The van der Waals surface area contributed by atoms with Gasteiger partial charge in [0.25, 0.3) is 0 Å². The van der Waals surface area contributed by atoms with Gasteiger partial charge in [-0.15, -0.1) is 0 Å². The summed E-state index contributed by atoms with van der Waals surface area (Å²) in [7, 11) is 0. The highest BCUT2D eigenvalue weighted by molar-refractivity contribution is 5.96. The zero-order valence-corrected chi connectivity index (χ0v) is 17.0. The monoisotopic (exact) mass is 382 g/mol. The minimum atomic E-state index is -0.312. The first-order valence-corrected chi connectivity index (χ1v) is 9.86. The maximum atomic E-state index is 12.2. The topological polar surface area (TPSA) is 58.6 Å². The van der Waals surface area contributed by atoms with Gasteiger partial charge in [-0.1, -0.05) is 43.7 Å². The lowest BCUT2D eigenvalue weighted by molar-refractivity contribution is 0.0466. The number of carbonyl (C=O) groups is 2. The second kappa shape index (κ2) is 11.2. The molecule has 0 saturated carbocycles. The number of hydrogen-bond donors (Lipinski definition) is 1. The van der Waals surface area contributed by atoms with E-state index in [2.05, 4.69) is 24.1 Å². The fourth-order valence-electron chi connectivity index (χ4n) is 2.82. The molecule has 0 amide bonds. The molecule has 5 heteroatoms. The van der Waals surface area contributed by atoms with Crippen LogP contribution in [0.5, 0.6) is 0 Å². The number of nitrogens with one attached hydrogen (secondary N) is 1. The maximum Gasteiger partial charge on any atom is 0.338 e. The van der Waals surface area contributed by atoms with Crippen LogP contribution < -0.4 is 5.32 Å². The van der Waals surface area contributed by atoms with E-state index in [4.69, 9.17) is 4.74 Å². The largest absolute Gasteiger partial charge is 0.461 e. The van der Waals surface area contributed by atoms with E-state index in [9.17, 15) is 9.59 Å². The summed E-state index contributed by atoms with van der Waals surface area (Å²) < 4.78 is 5.33. The number of hydrogen-bond acceptors (Lipinski definition) is 5. The van der Waals surface area contributed by atoms with E-state index in [-0.39, 0.29) is 11.8 Å². The number of rotatable bonds is 11. The third-order valence-corrected chi connectivity index (χ3v) is 4.71. The number of benzene rings is 2. The van der Waals surface area contributed by atoms with Crippen molar-refractivity contribution in [2.75, 3.05) is 38.1 Å². The molecule has 0 aliphatic rings. The molecular weight excluding hydrogens is 352 g/mol. The summed E-state index contributed by atoms with van der Waals surface area (Å²) >= 11 is 0. The van der Waals surface area contributed by atoms with Crippen LogP contribution in [0.25, 0.3) is 0 Å². The second-order valence-corrected chi connectivity index (χ2v) is 6.71. The normalized spacial score (nSPS) is 10.7. The molecular formula is C23H30N2O3. The van der Waals surface area contributed by atoms with Gasteiger partial charge in [0.15, 0.2) is 5.78 Å². The number of ether oxygens (including phenoxy) is 1. The van der Waals surface area contributed by atoms with Gasteiger partial charge in [0.1, 0.15) is 6.61 Å². The molecule has 0 aromatic heterocycles. The predicted octanol–water partition coefficient (Wildman–Crippen LogP) is 4.18. The summed E-state index contributed by atoms with van der Waals surface area (Å²) in [6, 6.07) is 14.8. The van der Waals surface area contributed by atoms with Crippen LogP contribution >= 0.6 is 0 Å². The molecule has 0 spiro atoms. The molecule has 2 aromatic carbocycles. The molecule has 0 heterocycles. The Morgan fingerprint density at radius 3 is 2.14 bits per heavy atom. The van der Waals surface area contributed by atoms with Gasteiger partial charge in [-0.3, -0.25) is 4.79 Å². The van der Waals surface area contributed by atoms with Crippen LogP contribution in [0.4, 0.5) is 5.69 Å². The number of esters is 1. The third kappa shape index (κ3) is 6.82. The molecule has 1 N–H and O–H groups in total. The van der Waals surface area contributed by atoms with E-state index >= 15 is 0 Å². The van der Waals surface area contributed by atoms with Gasteiger partial charge in [-0.2, -0.15) is 0 Å². The maximum absolute atomic E-state index is 12.2. The Kier molecular flexibility index (Phi) is 8.69. The molecule has 2 aromatic rings. The number of ketones is 1. The average Bonchev–Trinajstić information content (AvgIpc) is 2.72. The van der Waals surface area contributed by atoms with Crippen LogP contribution in [0.2, 0.25) is 0 Å². The number of nitrogens with zero attached hydrogens (tertiary/aromatic N) is 1. The van der Waals surface area contributed by atoms with Gasteiger partial charge >= 0.3 is 5.97 Å². The molecule has 0 unspecified atom stereocenters. The SMILES string of the molecule is CCN(CC)CCOC(=O)c1ccc(NCCC(=O)c2ccc(C)cc2)cc1. The molecule has 0 fully saturated rings. The molecule has 0 saturated heterocycles. The summed E-state index contributed by atoms with van der Waals surface area (Å²) in [6.45, 7) is 9.74. The molecule has 28 heavy (non-hydrogen) atoms. The fourth-order valence-corrected chi connectivity index (χ4v) is 2.82. The number of aryl methyl sites for hydroxylation is 1. The van der Waals surface area contributed by atoms with Crippen molar-refractivity contribution < 1.29 is 14.3 Å². The molecule has 0 bridgehead atoms. The Morgan fingerprint density at radius 1 is 0.929 bits per heavy atom. The average molecular weight is 383 g/mol. The van der Waals surface area contributed by atoms with Crippen molar-refractivity contribution in [1.82, 2.24) is 4.90 Å². The fraction of sp³-hybridized carbons (Fsp3) is 0.391. The Labute approximate surface area is 167 Å². The van der Waals surface area contributed by atoms with Crippen molar-refractivity contribution in [3.8, 4) is 0 Å². The van der Waals surface area contributed by atoms with E-state index in [1.54, 1.807) is 12.1 Å². The third-order valence-electron chi connectivity index (χ3n) is 4.71. The summed E-state index contributed by atoms with van der Waals surface area (Å²) in [6.07, 6.45) is 0.415. The lowest BCUT2D eigenvalue weighted by atomic mass is 10.1. The molecule has 0 aliphatic heterocycles. The highest BCUT2D eigenvalue weighted by Gasteiger charge is 2.09. The van der Waals surface area contributed by atoms with Crippen LogP contribution in [-0.2, 0) is 4.74 Å². The first-order valence-electron chi connectivity index (χ1n) is 9.86. The molecule has 5 nitrogen and oxygen atoms in total. The van der Waals surface area contributed by atoms with E-state index in [0.717, 1.165) is 36.4 Å². The predicted molar refractivity (Wildman–Crippen MR) is 113 cm³/mol. The number of Topliss-reactive ketones (excluding diaryl/α,β-unsaturated/α-hetero) is 1. The molecule has 0 atom stereocenters. The minimum absolute atomic E-state index is 0.112. The first-order chi connectivity index (χ1) is 13.5. The summed E-state index contributed by atoms with van der Waals surface area (Å²) in [5.74, 6) is -0.200. The molecule has 150 valence electrons. The Bertz CT molecular complexity index is 750.